The summed E-state index contributed by atoms with van der Waals surface area (Å²) in [4.78, 5) is 14.6. The Morgan fingerprint density at radius 3 is 2.50 bits per heavy atom. The van der Waals surface area contributed by atoms with Gasteiger partial charge >= 0.3 is 0 Å². The summed E-state index contributed by atoms with van der Waals surface area (Å²) in [6, 6.07) is 15.9. The second kappa shape index (κ2) is 7.49. The van der Waals surface area contributed by atoms with Crippen molar-refractivity contribution in [2.75, 3.05) is 23.3 Å². The predicted octanol–water partition coefficient (Wildman–Crippen LogP) is 3.14. The van der Waals surface area contributed by atoms with Crippen LogP contribution in [0, 0.1) is 6.92 Å². The minimum atomic E-state index is -0.204. The maximum atomic E-state index is 12.4. The van der Waals surface area contributed by atoms with Crippen LogP contribution in [0.15, 0.2) is 48.5 Å². The predicted molar refractivity (Wildman–Crippen MR) is 97.4 cm³/mol. The number of carbonyl (C=O) groups excluding carboxylic acids is 1. The average molecular weight is 324 g/mol. The van der Waals surface area contributed by atoms with Crippen molar-refractivity contribution in [2.45, 2.75) is 32.3 Å². The standard InChI is InChI=1S/C20H24N2O2/c1-15-6-8-16(9-7-15)14-20(24)21-18-4-2-3-5-19(18)22-12-10-17(23)11-13-22/h2-9,17,23H,10-14H2,1H3,(H,21,24). The summed E-state index contributed by atoms with van der Waals surface area (Å²) in [5.74, 6) is -0.0108. The number of hydrogen-bond donors (Lipinski definition) is 2. The Bertz CT molecular complexity index is 689. The topological polar surface area (TPSA) is 52.6 Å². The zero-order chi connectivity index (χ0) is 16.9. The Hall–Kier alpha value is -2.33. The van der Waals surface area contributed by atoms with Gasteiger partial charge < -0.3 is 15.3 Å². The van der Waals surface area contributed by atoms with Crippen LogP contribution in [0.2, 0.25) is 0 Å². The fraction of sp³-hybridized carbons (Fsp3) is 0.350. The highest BCUT2D eigenvalue weighted by Crippen LogP contribution is 2.28. The Morgan fingerprint density at radius 2 is 1.79 bits per heavy atom. The summed E-state index contributed by atoms with van der Waals surface area (Å²) in [5, 5.41) is 12.7. The Balaban J connectivity index is 1.68. The van der Waals surface area contributed by atoms with Crippen LogP contribution in [0.4, 0.5) is 11.4 Å². The molecule has 1 aliphatic heterocycles. The molecule has 1 amide bonds. The highest BCUT2D eigenvalue weighted by molar-refractivity contribution is 5.95. The van der Waals surface area contributed by atoms with E-state index in [1.807, 2.05) is 55.5 Å². The molecule has 1 saturated heterocycles. The molecule has 0 unspecified atom stereocenters. The van der Waals surface area contributed by atoms with Crippen molar-refractivity contribution in [3.05, 3.63) is 59.7 Å². The highest BCUT2D eigenvalue weighted by Gasteiger charge is 2.19. The number of carbonyl (C=O) groups is 1. The fourth-order valence-electron chi connectivity index (χ4n) is 3.05. The van der Waals surface area contributed by atoms with Crippen molar-refractivity contribution in [2.24, 2.45) is 0 Å². The first-order valence-electron chi connectivity index (χ1n) is 8.49. The number of nitrogens with one attached hydrogen (secondary N) is 1. The number of anilines is 2. The highest BCUT2D eigenvalue weighted by atomic mass is 16.3. The van der Waals surface area contributed by atoms with Crippen LogP contribution in [0.25, 0.3) is 0 Å². The molecule has 126 valence electrons. The first-order valence-corrected chi connectivity index (χ1v) is 8.49. The third-order valence-corrected chi connectivity index (χ3v) is 4.47. The van der Waals surface area contributed by atoms with Gasteiger partial charge in [-0.2, -0.15) is 0 Å². The summed E-state index contributed by atoms with van der Waals surface area (Å²) in [5.41, 5.74) is 4.07. The van der Waals surface area contributed by atoms with Gasteiger partial charge in [0.2, 0.25) is 5.91 Å². The van der Waals surface area contributed by atoms with Gasteiger partial charge in [0.1, 0.15) is 0 Å². The van der Waals surface area contributed by atoms with Crippen LogP contribution in [-0.4, -0.2) is 30.2 Å². The molecular formula is C20H24N2O2. The summed E-state index contributed by atoms with van der Waals surface area (Å²) < 4.78 is 0. The third kappa shape index (κ3) is 4.15. The molecule has 0 aliphatic carbocycles. The van der Waals surface area contributed by atoms with Gasteiger partial charge in [-0.1, -0.05) is 42.0 Å². The first kappa shape index (κ1) is 16.5. The summed E-state index contributed by atoms with van der Waals surface area (Å²) in [7, 11) is 0. The molecule has 2 aromatic rings. The molecule has 4 nitrogen and oxygen atoms in total. The first-order chi connectivity index (χ1) is 11.6. The van der Waals surface area contributed by atoms with Gasteiger partial charge in [-0.05, 0) is 37.5 Å². The van der Waals surface area contributed by atoms with E-state index in [0.29, 0.717) is 6.42 Å². The van der Waals surface area contributed by atoms with Crippen LogP contribution in [0.3, 0.4) is 0 Å². The Kier molecular flexibility index (Phi) is 5.16. The Morgan fingerprint density at radius 1 is 1.12 bits per heavy atom. The van der Waals surface area contributed by atoms with E-state index in [0.717, 1.165) is 42.9 Å². The molecule has 0 saturated carbocycles. The van der Waals surface area contributed by atoms with E-state index >= 15 is 0 Å². The number of hydrogen-bond acceptors (Lipinski definition) is 3. The van der Waals surface area contributed by atoms with Gasteiger partial charge in [0, 0.05) is 13.1 Å². The maximum absolute atomic E-state index is 12.4. The zero-order valence-corrected chi connectivity index (χ0v) is 14.0. The number of nitrogens with zero attached hydrogens (tertiary/aromatic N) is 1. The number of benzene rings is 2. The summed E-state index contributed by atoms with van der Waals surface area (Å²) in [6.07, 6.45) is 1.70. The van der Waals surface area contributed by atoms with Crippen LogP contribution in [-0.2, 0) is 11.2 Å². The Labute approximate surface area is 143 Å². The number of rotatable bonds is 4. The zero-order valence-electron chi connectivity index (χ0n) is 14.0. The molecule has 3 rings (SSSR count). The van der Waals surface area contributed by atoms with Gasteiger partial charge in [0.05, 0.1) is 23.9 Å². The van der Waals surface area contributed by atoms with Gasteiger partial charge in [-0.3, -0.25) is 4.79 Å². The van der Waals surface area contributed by atoms with Crippen LogP contribution < -0.4 is 10.2 Å². The molecular weight excluding hydrogens is 300 g/mol. The quantitative estimate of drug-likeness (QED) is 0.908. The van der Waals surface area contributed by atoms with E-state index in [2.05, 4.69) is 10.2 Å². The van der Waals surface area contributed by atoms with Gasteiger partial charge in [-0.25, -0.2) is 0 Å². The van der Waals surface area contributed by atoms with Crippen LogP contribution in [0.5, 0.6) is 0 Å². The monoisotopic (exact) mass is 324 g/mol. The van der Waals surface area contributed by atoms with E-state index in [9.17, 15) is 9.90 Å². The molecule has 0 radical (unpaired) electrons. The van der Waals surface area contributed by atoms with Crippen molar-refractivity contribution < 1.29 is 9.90 Å². The smallest absolute Gasteiger partial charge is 0.228 e. The number of aliphatic hydroxyl groups is 1. The lowest BCUT2D eigenvalue weighted by Crippen LogP contribution is -2.36. The van der Waals surface area contributed by atoms with Gasteiger partial charge in [0.25, 0.3) is 0 Å². The number of aliphatic hydroxyl groups excluding tert-OH is 1. The van der Waals surface area contributed by atoms with Crippen molar-refractivity contribution in [3.63, 3.8) is 0 Å². The van der Waals surface area contributed by atoms with Gasteiger partial charge in [-0.15, -0.1) is 0 Å². The lowest BCUT2D eigenvalue weighted by Gasteiger charge is -2.32. The summed E-state index contributed by atoms with van der Waals surface area (Å²) >= 11 is 0. The summed E-state index contributed by atoms with van der Waals surface area (Å²) in [6.45, 7) is 3.66. The van der Waals surface area contributed by atoms with E-state index < -0.39 is 0 Å². The van der Waals surface area contributed by atoms with Crippen molar-refractivity contribution in [1.29, 1.82) is 0 Å². The number of aryl methyl sites for hydroxylation is 1. The second-order valence-electron chi connectivity index (χ2n) is 6.45. The number of amides is 1. The minimum absolute atomic E-state index is 0.0108. The van der Waals surface area contributed by atoms with Crippen molar-refractivity contribution >= 4 is 17.3 Å². The van der Waals surface area contributed by atoms with Crippen LogP contribution in [0.1, 0.15) is 24.0 Å². The molecule has 1 heterocycles. The molecule has 0 spiro atoms. The lowest BCUT2D eigenvalue weighted by atomic mass is 10.1. The minimum Gasteiger partial charge on any atom is -0.393 e. The molecule has 4 heteroatoms. The SMILES string of the molecule is Cc1ccc(CC(=O)Nc2ccccc2N2CCC(O)CC2)cc1. The largest absolute Gasteiger partial charge is 0.393 e. The van der Waals surface area contributed by atoms with Crippen LogP contribution >= 0.6 is 0 Å². The van der Waals surface area contributed by atoms with E-state index in [1.54, 1.807) is 0 Å². The molecule has 1 aliphatic rings. The average Bonchev–Trinajstić information content (AvgIpc) is 2.58. The molecule has 0 aromatic heterocycles. The van der Waals surface area contributed by atoms with E-state index in [4.69, 9.17) is 0 Å². The molecule has 2 aromatic carbocycles. The molecule has 1 fully saturated rings. The molecule has 0 atom stereocenters. The lowest BCUT2D eigenvalue weighted by molar-refractivity contribution is -0.115. The third-order valence-electron chi connectivity index (χ3n) is 4.47. The van der Waals surface area contributed by atoms with Crippen molar-refractivity contribution in [1.82, 2.24) is 0 Å². The fourth-order valence-corrected chi connectivity index (χ4v) is 3.05. The molecule has 0 bridgehead atoms. The van der Waals surface area contributed by atoms with E-state index in [1.165, 1.54) is 5.56 Å². The second-order valence-corrected chi connectivity index (χ2v) is 6.45. The molecule has 2 N–H and O–H groups in total. The van der Waals surface area contributed by atoms with E-state index in [-0.39, 0.29) is 12.0 Å². The number of piperidine rings is 1. The number of para-hydroxylation sites is 2. The van der Waals surface area contributed by atoms with Gasteiger partial charge in [0.15, 0.2) is 0 Å². The molecule has 24 heavy (non-hydrogen) atoms. The maximum Gasteiger partial charge on any atom is 0.228 e. The normalized spacial score (nSPS) is 15.3. The van der Waals surface area contributed by atoms with Crippen molar-refractivity contribution in [3.8, 4) is 0 Å².